The molecular weight excluding hydrogens is 267 g/mol. The van der Waals surface area contributed by atoms with Gasteiger partial charge in [0.2, 0.25) is 0 Å². The van der Waals surface area contributed by atoms with E-state index in [1.54, 1.807) is 12.1 Å². The molecule has 1 unspecified atom stereocenters. The Morgan fingerprint density at radius 1 is 1.38 bits per heavy atom. The Bertz CT molecular complexity index is 444. The van der Waals surface area contributed by atoms with Crippen molar-refractivity contribution in [3.63, 3.8) is 0 Å². The number of piperidine rings is 1. The SMILES string of the molecule is COc1ccc(C(C)NCCN2CCC(C)CC2)cc1F. The van der Waals surface area contributed by atoms with E-state index in [4.69, 9.17) is 4.74 Å². The van der Waals surface area contributed by atoms with E-state index in [9.17, 15) is 4.39 Å². The molecule has 0 aromatic heterocycles. The van der Waals surface area contributed by atoms with Crippen LogP contribution >= 0.6 is 0 Å². The number of ether oxygens (including phenoxy) is 1. The number of likely N-dealkylation sites (tertiary alicyclic amines) is 1. The predicted octanol–water partition coefficient (Wildman–Crippen LogP) is 3.22. The summed E-state index contributed by atoms with van der Waals surface area (Å²) >= 11 is 0. The zero-order valence-electron chi connectivity index (χ0n) is 13.4. The molecule has 1 aliphatic heterocycles. The Labute approximate surface area is 127 Å². The van der Waals surface area contributed by atoms with Gasteiger partial charge in [-0.15, -0.1) is 0 Å². The molecule has 1 saturated heterocycles. The molecule has 0 aliphatic carbocycles. The average Bonchev–Trinajstić information content (AvgIpc) is 2.49. The first-order valence-corrected chi connectivity index (χ1v) is 7.89. The van der Waals surface area contributed by atoms with Gasteiger partial charge in [0.05, 0.1) is 7.11 Å². The van der Waals surface area contributed by atoms with E-state index in [1.165, 1.54) is 33.0 Å². The molecule has 1 heterocycles. The third-order valence-corrected chi connectivity index (χ3v) is 4.43. The van der Waals surface area contributed by atoms with Gasteiger partial charge >= 0.3 is 0 Å². The minimum atomic E-state index is -0.298. The van der Waals surface area contributed by atoms with Crippen molar-refractivity contribution in [2.45, 2.75) is 32.7 Å². The van der Waals surface area contributed by atoms with Crippen molar-refractivity contribution < 1.29 is 9.13 Å². The fraction of sp³-hybridized carbons (Fsp3) is 0.647. The van der Waals surface area contributed by atoms with Gasteiger partial charge in [-0.25, -0.2) is 4.39 Å². The summed E-state index contributed by atoms with van der Waals surface area (Å²) in [5.41, 5.74) is 0.959. The number of hydrogen-bond acceptors (Lipinski definition) is 3. The highest BCUT2D eigenvalue weighted by atomic mass is 19.1. The molecule has 2 rings (SSSR count). The zero-order chi connectivity index (χ0) is 15.2. The van der Waals surface area contributed by atoms with Crippen LogP contribution in [-0.2, 0) is 0 Å². The summed E-state index contributed by atoms with van der Waals surface area (Å²) in [6.45, 7) is 8.80. The number of nitrogens with one attached hydrogen (secondary N) is 1. The van der Waals surface area contributed by atoms with Gasteiger partial charge in [0.25, 0.3) is 0 Å². The maximum Gasteiger partial charge on any atom is 0.165 e. The van der Waals surface area contributed by atoms with E-state index in [0.29, 0.717) is 5.75 Å². The Morgan fingerprint density at radius 2 is 2.10 bits per heavy atom. The molecule has 1 aromatic rings. The molecule has 0 radical (unpaired) electrons. The molecule has 1 aromatic carbocycles. The van der Waals surface area contributed by atoms with Gasteiger partial charge in [0.15, 0.2) is 11.6 Å². The number of halogens is 1. The minimum absolute atomic E-state index is 0.147. The smallest absolute Gasteiger partial charge is 0.165 e. The van der Waals surface area contributed by atoms with Crippen LogP contribution < -0.4 is 10.1 Å². The van der Waals surface area contributed by atoms with Crippen molar-refractivity contribution in [1.82, 2.24) is 10.2 Å². The molecule has 1 fully saturated rings. The Hall–Kier alpha value is -1.13. The summed E-state index contributed by atoms with van der Waals surface area (Å²) in [6, 6.07) is 5.31. The van der Waals surface area contributed by atoms with E-state index in [2.05, 4.69) is 24.1 Å². The monoisotopic (exact) mass is 294 g/mol. The fourth-order valence-electron chi connectivity index (χ4n) is 2.79. The molecule has 0 saturated carbocycles. The van der Waals surface area contributed by atoms with Crippen LogP contribution in [0.1, 0.15) is 38.3 Å². The summed E-state index contributed by atoms with van der Waals surface area (Å²) in [7, 11) is 1.49. The number of benzene rings is 1. The van der Waals surface area contributed by atoms with E-state index in [1.807, 2.05) is 6.07 Å². The van der Waals surface area contributed by atoms with Gasteiger partial charge in [-0.2, -0.15) is 0 Å². The van der Waals surface area contributed by atoms with Crippen molar-refractivity contribution in [3.8, 4) is 5.75 Å². The largest absolute Gasteiger partial charge is 0.494 e. The first-order chi connectivity index (χ1) is 10.1. The van der Waals surface area contributed by atoms with Crippen molar-refractivity contribution in [3.05, 3.63) is 29.6 Å². The van der Waals surface area contributed by atoms with Crippen LogP contribution in [0.3, 0.4) is 0 Å². The molecule has 0 spiro atoms. The molecule has 3 nitrogen and oxygen atoms in total. The maximum atomic E-state index is 13.7. The molecule has 4 heteroatoms. The topological polar surface area (TPSA) is 24.5 Å². The lowest BCUT2D eigenvalue weighted by molar-refractivity contribution is 0.191. The van der Waals surface area contributed by atoms with E-state index < -0.39 is 0 Å². The Kier molecular flexibility index (Phi) is 6.00. The van der Waals surface area contributed by atoms with Gasteiger partial charge in [-0.3, -0.25) is 0 Å². The summed E-state index contributed by atoms with van der Waals surface area (Å²) < 4.78 is 18.6. The number of methoxy groups -OCH3 is 1. The fourth-order valence-corrected chi connectivity index (χ4v) is 2.79. The highest BCUT2D eigenvalue weighted by molar-refractivity contribution is 5.30. The van der Waals surface area contributed by atoms with Gasteiger partial charge < -0.3 is 15.0 Å². The van der Waals surface area contributed by atoms with Gasteiger partial charge in [-0.1, -0.05) is 13.0 Å². The minimum Gasteiger partial charge on any atom is -0.494 e. The second-order valence-corrected chi connectivity index (χ2v) is 6.09. The normalized spacial score (nSPS) is 18.7. The number of hydrogen-bond donors (Lipinski definition) is 1. The van der Waals surface area contributed by atoms with Crippen molar-refractivity contribution in [2.75, 3.05) is 33.3 Å². The van der Waals surface area contributed by atoms with Crippen LogP contribution in [0.2, 0.25) is 0 Å². The second-order valence-electron chi connectivity index (χ2n) is 6.09. The molecule has 0 amide bonds. The van der Waals surface area contributed by atoms with Crippen molar-refractivity contribution in [2.24, 2.45) is 5.92 Å². The molecule has 21 heavy (non-hydrogen) atoms. The first kappa shape index (κ1) is 16.2. The maximum absolute atomic E-state index is 13.7. The number of rotatable bonds is 6. The average molecular weight is 294 g/mol. The molecule has 1 aliphatic rings. The summed E-state index contributed by atoms with van der Waals surface area (Å²) in [6.07, 6.45) is 2.61. The van der Waals surface area contributed by atoms with Crippen LogP contribution in [0, 0.1) is 11.7 Å². The van der Waals surface area contributed by atoms with Crippen molar-refractivity contribution in [1.29, 1.82) is 0 Å². The predicted molar refractivity (Wildman–Crippen MR) is 84.2 cm³/mol. The van der Waals surface area contributed by atoms with E-state index >= 15 is 0 Å². The van der Waals surface area contributed by atoms with Crippen LogP contribution in [0.5, 0.6) is 5.75 Å². The van der Waals surface area contributed by atoms with Crippen LogP contribution in [0.15, 0.2) is 18.2 Å². The van der Waals surface area contributed by atoms with E-state index in [-0.39, 0.29) is 11.9 Å². The lowest BCUT2D eigenvalue weighted by atomic mass is 9.99. The van der Waals surface area contributed by atoms with Gasteiger partial charge in [-0.05, 0) is 56.5 Å². The molecular formula is C17H27FN2O. The Morgan fingerprint density at radius 3 is 2.71 bits per heavy atom. The lowest BCUT2D eigenvalue weighted by Gasteiger charge is -2.30. The molecule has 1 N–H and O–H groups in total. The van der Waals surface area contributed by atoms with E-state index in [0.717, 1.165) is 24.6 Å². The van der Waals surface area contributed by atoms with Crippen LogP contribution in [0.25, 0.3) is 0 Å². The highest BCUT2D eigenvalue weighted by Gasteiger charge is 2.15. The third kappa shape index (κ3) is 4.68. The third-order valence-electron chi connectivity index (χ3n) is 4.43. The number of nitrogens with zero attached hydrogens (tertiary/aromatic N) is 1. The van der Waals surface area contributed by atoms with Gasteiger partial charge in [0, 0.05) is 19.1 Å². The molecule has 0 bridgehead atoms. The summed E-state index contributed by atoms with van der Waals surface area (Å²) in [5.74, 6) is 0.873. The van der Waals surface area contributed by atoms with Crippen LogP contribution in [-0.4, -0.2) is 38.2 Å². The van der Waals surface area contributed by atoms with Gasteiger partial charge in [0.1, 0.15) is 0 Å². The summed E-state index contributed by atoms with van der Waals surface area (Å²) in [4.78, 5) is 2.51. The highest BCUT2D eigenvalue weighted by Crippen LogP contribution is 2.21. The molecule has 118 valence electrons. The Balaban J connectivity index is 1.76. The second kappa shape index (κ2) is 7.76. The standard InChI is InChI=1S/C17H27FN2O/c1-13-6-9-20(10-7-13)11-8-19-14(2)15-4-5-17(21-3)16(18)12-15/h4-5,12-14,19H,6-11H2,1-3H3. The molecule has 1 atom stereocenters. The zero-order valence-corrected chi connectivity index (χ0v) is 13.4. The summed E-state index contributed by atoms with van der Waals surface area (Å²) in [5, 5.41) is 3.47. The van der Waals surface area contributed by atoms with Crippen molar-refractivity contribution >= 4 is 0 Å². The lowest BCUT2D eigenvalue weighted by Crippen LogP contribution is -2.38. The first-order valence-electron chi connectivity index (χ1n) is 7.89. The quantitative estimate of drug-likeness (QED) is 0.872. The van der Waals surface area contributed by atoms with Crippen LogP contribution in [0.4, 0.5) is 4.39 Å².